The molecule has 0 spiro atoms. The lowest BCUT2D eigenvalue weighted by atomic mass is 10.1. The van der Waals surface area contributed by atoms with Crippen molar-refractivity contribution < 1.29 is 4.42 Å². The van der Waals surface area contributed by atoms with Crippen LogP contribution in [-0.4, -0.2) is 15.2 Å². The summed E-state index contributed by atoms with van der Waals surface area (Å²) in [6.45, 7) is 1.84. The predicted octanol–water partition coefficient (Wildman–Crippen LogP) is 4.28. The maximum absolute atomic E-state index is 8.59. The zero-order valence-electron chi connectivity index (χ0n) is 11.9. The molecule has 0 saturated heterocycles. The van der Waals surface area contributed by atoms with Crippen LogP contribution >= 0.6 is 11.6 Å². The van der Waals surface area contributed by atoms with Gasteiger partial charge in [0, 0.05) is 21.8 Å². The molecule has 3 aromatic rings. The van der Waals surface area contributed by atoms with Crippen LogP contribution in [0.3, 0.4) is 0 Å². The van der Waals surface area contributed by atoms with Crippen molar-refractivity contribution in [3.8, 4) is 22.9 Å². The van der Waals surface area contributed by atoms with Gasteiger partial charge in [-0.25, -0.2) is 0 Å². The summed E-state index contributed by atoms with van der Waals surface area (Å²) >= 11 is 6.05. The third-order valence-corrected chi connectivity index (χ3v) is 3.38. The molecule has 0 radical (unpaired) electrons. The van der Waals surface area contributed by atoms with Gasteiger partial charge in [-0.3, -0.25) is 4.98 Å². The highest BCUT2D eigenvalue weighted by atomic mass is 35.5. The van der Waals surface area contributed by atoms with E-state index in [1.165, 1.54) is 6.20 Å². The topological polar surface area (TPSA) is 127 Å². The summed E-state index contributed by atoms with van der Waals surface area (Å²) in [5.74, 6) is 0.548. The Morgan fingerprint density at radius 2 is 2.00 bits per heavy atom. The van der Waals surface area contributed by atoms with Gasteiger partial charge in [-0.15, -0.1) is 10.2 Å². The van der Waals surface area contributed by atoms with Crippen LogP contribution in [0.1, 0.15) is 5.56 Å². The van der Waals surface area contributed by atoms with Crippen molar-refractivity contribution in [2.45, 2.75) is 6.92 Å². The minimum Gasteiger partial charge on any atom is -0.416 e. The minimum absolute atomic E-state index is 0.153. The van der Waals surface area contributed by atoms with E-state index in [2.05, 4.69) is 25.2 Å². The summed E-state index contributed by atoms with van der Waals surface area (Å²) < 4.78 is 5.65. The monoisotopic (exact) mass is 327 g/mol. The van der Waals surface area contributed by atoms with Crippen LogP contribution in [0.5, 0.6) is 0 Å². The van der Waals surface area contributed by atoms with E-state index in [4.69, 9.17) is 27.3 Å². The number of pyridine rings is 1. The average Bonchev–Trinajstić information content (AvgIpc) is 3.01. The van der Waals surface area contributed by atoms with Crippen molar-refractivity contribution >= 4 is 23.1 Å². The molecule has 0 bridgehead atoms. The normalized spacial score (nSPS) is 10.3. The van der Waals surface area contributed by atoms with Crippen LogP contribution in [0.4, 0.5) is 11.5 Å². The molecule has 0 saturated carbocycles. The highest BCUT2D eigenvalue weighted by Crippen LogP contribution is 2.34. The fraction of sp³-hybridized carbons (Fsp3) is 0.0714. The van der Waals surface area contributed by atoms with E-state index >= 15 is 0 Å². The number of nitrogens with zero attached hydrogens (tertiary/aromatic N) is 6. The van der Waals surface area contributed by atoms with E-state index in [0.717, 1.165) is 5.56 Å². The molecular formula is C14H10ClN7O. The predicted molar refractivity (Wildman–Crippen MR) is 85.9 cm³/mol. The van der Waals surface area contributed by atoms with Crippen LogP contribution < -0.4 is 5.73 Å². The fourth-order valence-corrected chi connectivity index (χ4v) is 2.33. The second-order valence-electron chi connectivity index (χ2n) is 4.66. The lowest BCUT2D eigenvalue weighted by Crippen LogP contribution is -1.94. The summed E-state index contributed by atoms with van der Waals surface area (Å²) in [5.41, 5.74) is 16.9. The Labute approximate surface area is 135 Å². The van der Waals surface area contributed by atoms with Gasteiger partial charge in [0.2, 0.25) is 11.8 Å². The highest BCUT2D eigenvalue weighted by Gasteiger charge is 2.17. The smallest absolute Gasteiger partial charge is 0.250 e. The molecule has 2 heterocycles. The van der Waals surface area contributed by atoms with Crippen LogP contribution in [-0.2, 0) is 0 Å². The zero-order valence-corrected chi connectivity index (χ0v) is 12.7. The maximum Gasteiger partial charge on any atom is 0.250 e. The molecule has 1 aromatic carbocycles. The largest absolute Gasteiger partial charge is 0.416 e. The second kappa shape index (κ2) is 5.96. The van der Waals surface area contributed by atoms with Crippen LogP contribution in [0.15, 0.2) is 40.0 Å². The molecule has 114 valence electrons. The molecular weight excluding hydrogens is 318 g/mol. The second-order valence-corrected chi connectivity index (χ2v) is 5.10. The van der Waals surface area contributed by atoms with Gasteiger partial charge in [0.05, 0.1) is 11.1 Å². The van der Waals surface area contributed by atoms with Crippen LogP contribution in [0.25, 0.3) is 33.4 Å². The van der Waals surface area contributed by atoms with Gasteiger partial charge in [0.25, 0.3) is 0 Å². The Kier molecular flexibility index (Phi) is 3.84. The Hall–Kier alpha value is -3.09. The number of rotatable bonds is 3. The summed E-state index contributed by atoms with van der Waals surface area (Å²) in [7, 11) is 0. The SMILES string of the molecule is Cc1cc(Cl)cc(-c2nnc(-c3cccnc3N=[N+]=[N-])o2)c1N. The first-order valence-electron chi connectivity index (χ1n) is 6.50. The van der Waals surface area contributed by atoms with Crippen LogP contribution in [0, 0.1) is 6.92 Å². The number of hydrogen-bond donors (Lipinski definition) is 1. The summed E-state index contributed by atoms with van der Waals surface area (Å²) in [6.07, 6.45) is 1.50. The maximum atomic E-state index is 8.59. The molecule has 0 atom stereocenters. The van der Waals surface area contributed by atoms with Gasteiger partial charge in [0.15, 0.2) is 0 Å². The van der Waals surface area contributed by atoms with Gasteiger partial charge in [-0.05, 0) is 47.4 Å². The van der Waals surface area contributed by atoms with Gasteiger partial charge in [0.1, 0.15) is 5.82 Å². The average molecular weight is 328 g/mol. The number of aromatic nitrogens is 3. The van der Waals surface area contributed by atoms with Gasteiger partial charge in [-0.2, -0.15) is 0 Å². The molecule has 0 aliphatic heterocycles. The number of azide groups is 1. The quantitative estimate of drug-likeness (QED) is 0.332. The standard InChI is InChI=1S/C14H10ClN7O/c1-7-5-8(15)6-10(11(7)16)14-21-20-13(23-14)9-3-2-4-18-12(9)19-22-17/h2-6H,16H2,1H3. The molecule has 0 unspecified atom stereocenters. The zero-order chi connectivity index (χ0) is 16.4. The summed E-state index contributed by atoms with van der Waals surface area (Å²) in [4.78, 5) is 6.71. The Morgan fingerprint density at radius 1 is 1.26 bits per heavy atom. The van der Waals surface area contributed by atoms with E-state index < -0.39 is 0 Å². The molecule has 0 fully saturated rings. The van der Waals surface area contributed by atoms with Crippen molar-refractivity contribution in [2.24, 2.45) is 5.11 Å². The summed E-state index contributed by atoms with van der Waals surface area (Å²) in [6, 6.07) is 6.74. The molecule has 9 heteroatoms. The number of nitrogens with two attached hydrogens (primary N) is 1. The molecule has 2 aromatic heterocycles. The Morgan fingerprint density at radius 3 is 2.74 bits per heavy atom. The molecule has 0 aliphatic rings. The summed E-state index contributed by atoms with van der Waals surface area (Å²) in [5, 5.41) is 12.0. The number of benzene rings is 1. The number of nitrogen functional groups attached to an aromatic ring is 1. The molecule has 23 heavy (non-hydrogen) atoms. The number of aryl methyl sites for hydroxylation is 1. The third-order valence-electron chi connectivity index (χ3n) is 3.16. The molecule has 0 aliphatic carbocycles. The van der Waals surface area contributed by atoms with Crippen molar-refractivity contribution in [2.75, 3.05) is 5.73 Å². The Balaban J connectivity index is 2.11. The first-order chi connectivity index (χ1) is 11.1. The van der Waals surface area contributed by atoms with Crippen LogP contribution in [0.2, 0.25) is 5.02 Å². The third kappa shape index (κ3) is 2.80. The number of halogens is 1. The molecule has 8 nitrogen and oxygen atoms in total. The van der Waals surface area contributed by atoms with E-state index in [1.54, 1.807) is 24.3 Å². The van der Waals surface area contributed by atoms with E-state index in [9.17, 15) is 0 Å². The van der Waals surface area contributed by atoms with Crippen molar-refractivity contribution in [1.29, 1.82) is 0 Å². The lowest BCUT2D eigenvalue weighted by Gasteiger charge is -2.05. The lowest BCUT2D eigenvalue weighted by molar-refractivity contribution is 0.584. The first-order valence-corrected chi connectivity index (χ1v) is 6.88. The minimum atomic E-state index is 0.153. The fourth-order valence-electron chi connectivity index (χ4n) is 2.06. The highest BCUT2D eigenvalue weighted by molar-refractivity contribution is 6.31. The van der Waals surface area contributed by atoms with Gasteiger partial charge in [-0.1, -0.05) is 11.6 Å². The van der Waals surface area contributed by atoms with E-state index in [0.29, 0.717) is 21.8 Å². The van der Waals surface area contributed by atoms with Crippen molar-refractivity contribution in [3.05, 3.63) is 51.5 Å². The van der Waals surface area contributed by atoms with E-state index in [-0.39, 0.29) is 17.6 Å². The molecule has 0 amide bonds. The van der Waals surface area contributed by atoms with E-state index in [1.807, 2.05) is 6.92 Å². The van der Waals surface area contributed by atoms with Gasteiger partial charge >= 0.3 is 0 Å². The number of hydrogen-bond acceptors (Lipinski definition) is 6. The Bertz CT molecular complexity index is 931. The van der Waals surface area contributed by atoms with Crippen molar-refractivity contribution in [3.63, 3.8) is 0 Å². The molecule has 2 N–H and O–H groups in total. The van der Waals surface area contributed by atoms with Crippen molar-refractivity contribution in [1.82, 2.24) is 15.2 Å². The number of anilines is 1. The first kappa shape index (κ1) is 14.8. The molecule has 3 rings (SSSR count). The van der Waals surface area contributed by atoms with Gasteiger partial charge < -0.3 is 10.2 Å².